The van der Waals surface area contributed by atoms with E-state index >= 15 is 0 Å². The summed E-state index contributed by atoms with van der Waals surface area (Å²) in [7, 11) is 0. The molecule has 1 heteroatoms. The van der Waals surface area contributed by atoms with E-state index in [1.54, 1.807) is 0 Å². The van der Waals surface area contributed by atoms with Crippen LogP contribution in [0.3, 0.4) is 0 Å². The van der Waals surface area contributed by atoms with Crippen molar-refractivity contribution in [3.05, 3.63) is 0 Å². The van der Waals surface area contributed by atoms with Gasteiger partial charge in [0.15, 0.2) is 0 Å². The minimum Gasteiger partial charge on any atom is -0.300 e. The highest BCUT2D eigenvalue weighted by Crippen LogP contribution is 2.40. The second-order valence-electron chi connectivity index (χ2n) is 7.10. The molecule has 2 fully saturated rings. The molecule has 2 saturated heterocycles. The first-order valence-corrected chi connectivity index (χ1v) is 9.02. The maximum Gasteiger partial charge on any atom is 0.0126 e. The Kier molecular flexibility index (Phi) is 6.19. The van der Waals surface area contributed by atoms with E-state index in [0.717, 1.165) is 23.8 Å². The van der Waals surface area contributed by atoms with Gasteiger partial charge in [-0.25, -0.2) is 0 Å². The molecule has 112 valence electrons. The SMILES string of the molecule is CCCCCC1C(C)C(CC)CN2CCCCCC12. The highest BCUT2D eigenvalue weighted by molar-refractivity contribution is 4.92. The van der Waals surface area contributed by atoms with Crippen LogP contribution in [-0.4, -0.2) is 24.0 Å². The molecule has 2 rings (SSSR count). The molecule has 2 aliphatic heterocycles. The minimum absolute atomic E-state index is 0.928. The quantitative estimate of drug-likeness (QED) is 0.625. The first-order valence-electron chi connectivity index (χ1n) is 9.02. The van der Waals surface area contributed by atoms with Crippen molar-refractivity contribution in [2.24, 2.45) is 17.8 Å². The number of hydrogen-bond donors (Lipinski definition) is 0. The molecule has 0 aromatic rings. The predicted molar refractivity (Wildman–Crippen MR) is 84.4 cm³/mol. The van der Waals surface area contributed by atoms with Crippen molar-refractivity contribution in [1.29, 1.82) is 0 Å². The summed E-state index contributed by atoms with van der Waals surface area (Å²) in [5, 5.41) is 0. The molecular weight excluding hydrogens is 230 g/mol. The van der Waals surface area contributed by atoms with Crippen LogP contribution in [0.25, 0.3) is 0 Å². The van der Waals surface area contributed by atoms with Crippen LogP contribution in [0.5, 0.6) is 0 Å². The lowest BCUT2D eigenvalue weighted by atomic mass is 9.70. The van der Waals surface area contributed by atoms with Crippen LogP contribution in [0.4, 0.5) is 0 Å². The van der Waals surface area contributed by atoms with Crippen LogP contribution in [-0.2, 0) is 0 Å². The maximum absolute atomic E-state index is 2.89. The van der Waals surface area contributed by atoms with Crippen molar-refractivity contribution >= 4 is 0 Å². The van der Waals surface area contributed by atoms with Gasteiger partial charge in [0.2, 0.25) is 0 Å². The topological polar surface area (TPSA) is 3.24 Å². The van der Waals surface area contributed by atoms with E-state index in [9.17, 15) is 0 Å². The zero-order valence-corrected chi connectivity index (χ0v) is 13.5. The second-order valence-corrected chi connectivity index (χ2v) is 7.10. The van der Waals surface area contributed by atoms with Crippen LogP contribution in [0.2, 0.25) is 0 Å². The Morgan fingerprint density at radius 2 is 1.89 bits per heavy atom. The monoisotopic (exact) mass is 265 g/mol. The molecular formula is C18H35N. The third-order valence-electron chi connectivity index (χ3n) is 5.96. The minimum atomic E-state index is 0.928. The molecule has 0 N–H and O–H groups in total. The average molecular weight is 265 g/mol. The fourth-order valence-electron chi connectivity index (χ4n) is 4.66. The molecule has 4 atom stereocenters. The largest absolute Gasteiger partial charge is 0.300 e. The molecule has 0 aliphatic carbocycles. The number of nitrogens with zero attached hydrogens (tertiary/aromatic N) is 1. The highest BCUT2D eigenvalue weighted by atomic mass is 15.2. The summed E-state index contributed by atoms with van der Waals surface area (Å²) in [5.41, 5.74) is 0. The van der Waals surface area contributed by atoms with Gasteiger partial charge in [0, 0.05) is 12.6 Å². The summed E-state index contributed by atoms with van der Waals surface area (Å²) in [6.07, 6.45) is 13.0. The van der Waals surface area contributed by atoms with E-state index in [1.807, 2.05) is 0 Å². The molecule has 0 saturated carbocycles. The zero-order valence-electron chi connectivity index (χ0n) is 13.5. The van der Waals surface area contributed by atoms with Gasteiger partial charge in [0.25, 0.3) is 0 Å². The highest BCUT2D eigenvalue weighted by Gasteiger charge is 2.39. The van der Waals surface area contributed by atoms with E-state index in [-0.39, 0.29) is 0 Å². The molecule has 0 aromatic carbocycles. The van der Waals surface area contributed by atoms with Crippen LogP contribution < -0.4 is 0 Å². The number of rotatable bonds is 5. The summed E-state index contributed by atoms with van der Waals surface area (Å²) in [6.45, 7) is 10.1. The first kappa shape index (κ1) is 15.4. The summed E-state index contributed by atoms with van der Waals surface area (Å²) < 4.78 is 0. The van der Waals surface area contributed by atoms with E-state index in [0.29, 0.717) is 0 Å². The lowest BCUT2D eigenvalue weighted by Gasteiger charge is -2.48. The predicted octanol–water partition coefficient (Wildman–Crippen LogP) is 5.10. The van der Waals surface area contributed by atoms with Gasteiger partial charge in [-0.2, -0.15) is 0 Å². The summed E-state index contributed by atoms with van der Waals surface area (Å²) in [6, 6.07) is 0.928. The van der Waals surface area contributed by atoms with E-state index in [4.69, 9.17) is 0 Å². The van der Waals surface area contributed by atoms with Gasteiger partial charge in [0.1, 0.15) is 0 Å². The van der Waals surface area contributed by atoms with Gasteiger partial charge in [-0.3, -0.25) is 4.90 Å². The maximum atomic E-state index is 2.89. The smallest absolute Gasteiger partial charge is 0.0126 e. The Bertz CT molecular complexity index is 250. The summed E-state index contributed by atoms with van der Waals surface area (Å²) >= 11 is 0. The number of hydrogen-bond acceptors (Lipinski definition) is 1. The molecule has 0 spiro atoms. The molecule has 2 aliphatic rings. The van der Waals surface area contributed by atoms with Crippen molar-refractivity contribution in [3.8, 4) is 0 Å². The average Bonchev–Trinajstić information content (AvgIpc) is 2.66. The molecule has 0 radical (unpaired) electrons. The Hall–Kier alpha value is -0.0400. The van der Waals surface area contributed by atoms with Gasteiger partial charge in [0.05, 0.1) is 0 Å². The molecule has 0 amide bonds. The lowest BCUT2D eigenvalue weighted by Crippen LogP contribution is -2.52. The number of unbranched alkanes of at least 4 members (excludes halogenated alkanes) is 2. The van der Waals surface area contributed by atoms with Crippen LogP contribution >= 0.6 is 0 Å². The van der Waals surface area contributed by atoms with Crippen LogP contribution in [0.1, 0.15) is 78.6 Å². The first-order chi connectivity index (χ1) is 9.27. The van der Waals surface area contributed by atoms with E-state index in [2.05, 4.69) is 25.7 Å². The Balaban J connectivity index is 2.03. The van der Waals surface area contributed by atoms with Gasteiger partial charge in [-0.05, 0) is 43.6 Å². The van der Waals surface area contributed by atoms with Gasteiger partial charge in [-0.1, -0.05) is 59.3 Å². The van der Waals surface area contributed by atoms with Crippen molar-refractivity contribution < 1.29 is 0 Å². The Morgan fingerprint density at radius 1 is 1.05 bits per heavy atom. The summed E-state index contributed by atoms with van der Waals surface area (Å²) in [4.78, 5) is 2.89. The second kappa shape index (κ2) is 7.67. The molecule has 0 bridgehead atoms. The normalized spacial score (nSPS) is 36.8. The van der Waals surface area contributed by atoms with Crippen molar-refractivity contribution in [2.45, 2.75) is 84.6 Å². The van der Waals surface area contributed by atoms with Crippen LogP contribution in [0, 0.1) is 17.8 Å². The number of fused-ring (bicyclic) bond motifs is 1. The molecule has 2 heterocycles. The third-order valence-corrected chi connectivity index (χ3v) is 5.96. The fraction of sp³-hybridized carbons (Fsp3) is 1.00. The lowest BCUT2D eigenvalue weighted by molar-refractivity contribution is 0.00545. The van der Waals surface area contributed by atoms with E-state index in [1.165, 1.54) is 70.9 Å². The molecule has 0 aromatic heterocycles. The third kappa shape index (κ3) is 3.74. The van der Waals surface area contributed by atoms with Crippen molar-refractivity contribution in [1.82, 2.24) is 4.90 Å². The van der Waals surface area contributed by atoms with Crippen molar-refractivity contribution in [2.75, 3.05) is 13.1 Å². The molecule has 19 heavy (non-hydrogen) atoms. The Labute approximate surface area is 121 Å². The zero-order chi connectivity index (χ0) is 13.7. The van der Waals surface area contributed by atoms with Gasteiger partial charge in [-0.15, -0.1) is 0 Å². The number of piperidine rings is 1. The van der Waals surface area contributed by atoms with Gasteiger partial charge >= 0.3 is 0 Å². The molecule has 4 unspecified atom stereocenters. The van der Waals surface area contributed by atoms with Crippen molar-refractivity contribution in [3.63, 3.8) is 0 Å². The Morgan fingerprint density at radius 3 is 2.63 bits per heavy atom. The van der Waals surface area contributed by atoms with Crippen LogP contribution in [0.15, 0.2) is 0 Å². The summed E-state index contributed by atoms with van der Waals surface area (Å²) in [5.74, 6) is 2.91. The molecule has 1 nitrogen and oxygen atoms in total. The standard InChI is InChI=1S/C18H35N/c1-4-6-8-11-17-15(3)16(5-2)14-19-13-10-7-9-12-18(17)19/h15-18H,4-14H2,1-3H3. The fourth-order valence-corrected chi connectivity index (χ4v) is 4.66. The van der Waals surface area contributed by atoms with E-state index < -0.39 is 0 Å². The van der Waals surface area contributed by atoms with Gasteiger partial charge < -0.3 is 0 Å².